The molecule has 10 aliphatic carbocycles. The monoisotopic (exact) mass is 1790 g/mol. The molecule has 10 aliphatic heterocycles. The SMILES string of the molecule is CCO[C@H]1C=CC2C3Cc4ccc(CO)c5c4[C@@]2(CC[NH+]3C)[C@H]1O5.CCO[C@H]1CC[C@@]2(O)C3Cc4ccc(CO)c5c4[C@@]2(CCN3C)[C@H]1O5.CCO[C@H]1CC[C@@]2(O)C3Cc4ccc(CO)c5c4[C@@]2(CC[NH+]3C)[C@H]1O5.CCO[C@H]1CC[C@@]2(O)C3Cc4ccc(O)c5c4[C@@]2(CCN3C)[C@H]1O5.CCO[C@H]1CC[C@@]2(O)C3Cc4ccc(O)c5c4[C@@]2(CC[NH+]3C)[C@H]1O5.[Cl-].[Cl-].[Cl-]. The number of halogens is 3. The van der Waals surface area contributed by atoms with E-state index in [9.17, 15) is 46.0 Å². The van der Waals surface area contributed by atoms with Crippen molar-refractivity contribution in [1.82, 2.24) is 9.80 Å². The molecule has 28 atom stereocenters. The fourth-order valence-electron chi connectivity index (χ4n) is 31.0. The van der Waals surface area contributed by atoms with Crippen molar-refractivity contribution in [2.75, 3.05) is 101 Å². The average Bonchev–Trinajstić information content (AvgIpc) is 1.56. The first-order valence-corrected chi connectivity index (χ1v) is 46.7. The summed E-state index contributed by atoms with van der Waals surface area (Å²) >= 11 is 0. The van der Waals surface area contributed by atoms with Gasteiger partial charge >= 0.3 is 0 Å². The Bertz CT molecular complexity index is 4750. The predicted octanol–water partition coefficient (Wildman–Crippen LogP) is -5.31. The number of hydrogen-bond acceptors (Lipinski definition) is 21. The summed E-state index contributed by atoms with van der Waals surface area (Å²) in [5.41, 5.74) is 10.1. The van der Waals surface area contributed by atoms with Gasteiger partial charge in [-0.15, -0.1) is 0 Å². The van der Waals surface area contributed by atoms with E-state index in [-0.39, 0.29) is 165 Å². The van der Waals surface area contributed by atoms with Gasteiger partial charge in [-0.05, 0) is 179 Å². The molecule has 0 radical (unpaired) electrons. The van der Waals surface area contributed by atoms with Gasteiger partial charge in [0.15, 0.2) is 23.0 Å². The van der Waals surface area contributed by atoms with Crippen molar-refractivity contribution >= 4 is 0 Å². The molecule has 125 heavy (non-hydrogen) atoms. The zero-order valence-corrected chi connectivity index (χ0v) is 76.5. The van der Waals surface area contributed by atoms with Crippen LogP contribution in [0.4, 0.5) is 0 Å². The molecule has 5 saturated heterocycles. The molecule has 10 bridgehead atoms. The first-order valence-electron chi connectivity index (χ1n) is 46.7. The Kier molecular flexibility index (Phi) is 23.5. The van der Waals surface area contributed by atoms with Crippen molar-refractivity contribution in [3.05, 3.63) is 145 Å². The van der Waals surface area contributed by atoms with Gasteiger partial charge in [0.1, 0.15) is 77.2 Å². The Morgan fingerprint density at radius 3 is 1.11 bits per heavy atom. The van der Waals surface area contributed by atoms with Crippen LogP contribution in [0.5, 0.6) is 40.2 Å². The summed E-state index contributed by atoms with van der Waals surface area (Å²) in [5.74, 6) is 4.68. The molecule has 9 unspecified atom stereocenters. The van der Waals surface area contributed by atoms with Crippen molar-refractivity contribution in [2.45, 2.75) is 311 Å². The van der Waals surface area contributed by atoms with Crippen LogP contribution >= 0.6 is 0 Å². The van der Waals surface area contributed by atoms with Gasteiger partial charge in [0.05, 0.1) is 129 Å². The minimum absolute atomic E-state index is 0. The lowest BCUT2D eigenvalue weighted by molar-refractivity contribution is -0.924. The summed E-state index contributed by atoms with van der Waals surface area (Å²) < 4.78 is 62.4. The Labute approximate surface area is 753 Å². The van der Waals surface area contributed by atoms with Crippen LogP contribution in [0.1, 0.15) is 190 Å². The van der Waals surface area contributed by atoms with Crippen LogP contribution in [0.25, 0.3) is 0 Å². The summed E-state index contributed by atoms with van der Waals surface area (Å²) in [6.07, 6.45) is 19.3. The third-order valence-electron chi connectivity index (χ3n) is 36.0. The second kappa shape index (κ2) is 32.5. The molecule has 684 valence electrons. The highest BCUT2D eigenvalue weighted by molar-refractivity contribution is 5.67. The highest BCUT2D eigenvalue weighted by Gasteiger charge is 2.79. The molecule has 5 spiro atoms. The minimum atomic E-state index is -0.815. The van der Waals surface area contributed by atoms with Gasteiger partial charge in [-0.1, -0.05) is 60.7 Å². The number of hydrogen-bond donors (Lipinski definition) is 12. The van der Waals surface area contributed by atoms with Crippen LogP contribution in [0.3, 0.4) is 0 Å². The number of aromatic hydroxyl groups is 2. The lowest BCUT2D eigenvalue weighted by Gasteiger charge is -2.63. The van der Waals surface area contributed by atoms with Crippen molar-refractivity contribution in [1.29, 1.82) is 0 Å². The van der Waals surface area contributed by atoms with Crippen molar-refractivity contribution in [2.24, 2.45) is 5.92 Å². The van der Waals surface area contributed by atoms with Crippen LogP contribution in [-0.2, 0) is 103 Å². The lowest BCUT2D eigenvalue weighted by Crippen LogP contribution is -3.19. The molecule has 12 N–H and O–H groups in total. The normalized spacial score (nSPS) is 41.6. The van der Waals surface area contributed by atoms with Crippen molar-refractivity contribution in [3.63, 3.8) is 0 Å². The van der Waals surface area contributed by atoms with E-state index in [0.29, 0.717) is 56.5 Å². The Morgan fingerprint density at radius 2 is 0.712 bits per heavy atom. The summed E-state index contributed by atoms with van der Waals surface area (Å²) in [6.45, 7) is 18.5. The van der Waals surface area contributed by atoms with Gasteiger partial charge in [0, 0.05) is 134 Å². The zero-order chi connectivity index (χ0) is 84.6. The van der Waals surface area contributed by atoms with E-state index in [1.165, 1.54) is 60.9 Å². The van der Waals surface area contributed by atoms with E-state index in [0.717, 1.165) is 187 Å². The van der Waals surface area contributed by atoms with Gasteiger partial charge in [0.25, 0.3) is 0 Å². The first-order chi connectivity index (χ1) is 58.9. The van der Waals surface area contributed by atoms with Gasteiger partial charge in [0.2, 0.25) is 0 Å². The molecule has 0 aromatic heterocycles. The third-order valence-corrected chi connectivity index (χ3v) is 36.0. The number of phenolic OH excluding ortho intramolecular Hbond substituents is 2. The van der Waals surface area contributed by atoms with Crippen LogP contribution < -0.4 is 75.6 Å². The van der Waals surface area contributed by atoms with E-state index in [1.807, 2.05) is 58.9 Å². The minimum Gasteiger partial charge on any atom is -1.00 e. The maximum Gasteiger partial charge on any atom is 0.165 e. The number of phenols is 2. The van der Waals surface area contributed by atoms with E-state index < -0.39 is 38.6 Å². The van der Waals surface area contributed by atoms with Gasteiger partial charge in [-0.25, -0.2) is 0 Å². The second-order valence-corrected chi connectivity index (χ2v) is 40.2. The predicted molar refractivity (Wildman–Crippen MR) is 451 cm³/mol. The van der Waals surface area contributed by atoms with Crippen molar-refractivity contribution in [3.8, 4) is 40.2 Å². The molecule has 27 heteroatoms. The number of aliphatic hydroxyl groups excluding tert-OH is 3. The molecular weight excluding hydrogens is 1660 g/mol. The van der Waals surface area contributed by atoms with Gasteiger partial charge in [-0.2, -0.15) is 0 Å². The molecule has 4 saturated carbocycles. The largest absolute Gasteiger partial charge is 1.00 e. The van der Waals surface area contributed by atoms with E-state index in [4.69, 9.17) is 47.4 Å². The summed E-state index contributed by atoms with van der Waals surface area (Å²) in [4.78, 5) is 9.09. The Hall–Kier alpha value is -5.37. The molecule has 5 aromatic rings. The fourth-order valence-corrected chi connectivity index (χ4v) is 31.0. The zero-order valence-electron chi connectivity index (χ0n) is 74.2. The number of benzene rings is 5. The molecule has 20 aliphatic rings. The Balaban J connectivity index is 0.000000106. The number of quaternary nitrogens is 3. The maximum atomic E-state index is 12.0. The molecule has 24 nitrogen and oxygen atoms in total. The summed E-state index contributed by atoms with van der Waals surface area (Å²) in [5, 5.41) is 98.1. The number of nitrogens with zero attached hydrogens (tertiary/aromatic N) is 2. The quantitative estimate of drug-likeness (QED) is 0.0491. The topological polar surface area (TPSA) is 294 Å². The highest BCUT2D eigenvalue weighted by Crippen LogP contribution is 2.70. The number of aliphatic hydroxyl groups is 7. The van der Waals surface area contributed by atoms with Crippen molar-refractivity contribution < 1.29 is 145 Å². The number of likely N-dealkylation sites (tertiary alicyclic amines) is 5. The number of ether oxygens (including phenoxy) is 10. The second-order valence-electron chi connectivity index (χ2n) is 40.2. The third kappa shape index (κ3) is 11.8. The number of nitrogens with one attached hydrogen (secondary N) is 3. The number of rotatable bonds is 13. The molecule has 25 rings (SSSR count). The molecule has 5 aromatic carbocycles. The number of likely N-dealkylation sites (N-methyl/N-ethyl adjacent to an activating group) is 5. The standard InChI is InChI=1S/2C20H27NO4.C20H25NO3.2C19H25NO4.3ClH/c2*1-3-24-14-6-7-20(23)15-10-12-4-5-13(11-22)17-16(12)19(20,18(14)25-17)8-9-21(15)2;1-3-23-16-7-6-14-15-10-12-4-5-13(11-22)18-17(12)20(14,19(16)24-18)8-9-21(15)2;2*1-3-23-13-6-7-19(22)14-10-11-4-5-12(21)16-15(11)18(19,17(13)24-16)8-9-20(14)2;;;/h2*4-5,14-15,18,22-23H,3,6-11H2,1-2H3;4-7,14-16,19,22H,3,8-11H2,1-2H3;2*4-5,13-14,17,21-22H,3,6-10H2,1-2H3;3*1H/t2*14-,15?,18-,19-,20+;14?,15?,16-,19-,20-;2*13-,14?,17-,18-,19+;;;/m00000.../s1. The molecule has 9 fully saturated rings. The lowest BCUT2D eigenvalue weighted by atomic mass is 9.48. The van der Waals surface area contributed by atoms with E-state index in [2.05, 4.69) is 81.5 Å². The molecule has 10 heterocycles. The maximum absolute atomic E-state index is 12.0. The smallest absolute Gasteiger partial charge is 0.165 e. The Morgan fingerprint density at radius 1 is 0.376 bits per heavy atom. The number of piperidine rings is 5. The molecule has 0 amide bonds. The average molecular weight is 1790 g/mol. The van der Waals surface area contributed by atoms with Crippen LogP contribution in [0.2, 0.25) is 0 Å². The summed E-state index contributed by atoms with van der Waals surface area (Å²) in [6, 6.07) is 21.3. The highest BCUT2D eigenvalue weighted by atomic mass is 35.5. The fraction of sp³-hybridized carbons (Fsp3) is 0.673. The van der Waals surface area contributed by atoms with Gasteiger partial charge in [-0.3, -0.25) is 0 Å². The summed E-state index contributed by atoms with van der Waals surface area (Å²) in [7, 11) is 11.0. The van der Waals surface area contributed by atoms with E-state index >= 15 is 0 Å². The van der Waals surface area contributed by atoms with Crippen LogP contribution in [-0.4, -0.2) is 270 Å². The van der Waals surface area contributed by atoms with Gasteiger partial charge < -0.3 is 155 Å². The van der Waals surface area contributed by atoms with Crippen LogP contribution in [0.15, 0.2) is 72.8 Å². The van der Waals surface area contributed by atoms with E-state index in [1.54, 1.807) is 17.0 Å². The van der Waals surface area contributed by atoms with Crippen LogP contribution in [0, 0.1) is 5.92 Å². The first kappa shape index (κ1) is 90.2. The molecular formula is C98H132Cl3N5O19.